The lowest BCUT2D eigenvalue weighted by atomic mass is 9.92. The topological polar surface area (TPSA) is 438 Å². The Morgan fingerprint density at radius 1 is 0.743 bits per heavy atom. The normalized spacial score (nSPS) is 32.0. The lowest BCUT2D eigenvalue weighted by molar-refractivity contribution is -0.260. The van der Waals surface area contributed by atoms with E-state index in [2.05, 4.69) is 47.2 Å². The summed E-state index contributed by atoms with van der Waals surface area (Å²) in [6.07, 6.45) is -13.4. The first-order valence-electron chi connectivity index (χ1n) is 22.0. The lowest BCUT2D eigenvalue weighted by Crippen LogP contribution is -2.70. The van der Waals surface area contributed by atoms with Crippen molar-refractivity contribution in [2.75, 3.05) is 32.8 Å². The molecule has 19 N–H and O–H groups in total. The number of ether oxygens (including phenoxy) is 1. The van der Waals surface area contributed by atoms with E-state index in [1.807, 2.05) is 22.6 Å². The first-order valence-corrected chi connectivity index (χ1v) is 23.1. The molecule has 6 amide bonds. The molecule has 2 fully saturated rings. The molecule has 4 aliphatic heterocycles. The number of rotatable bonds is 11. The molecule has 70 heavy (non-hydrogen) atoms. The Balaban J connectivity index is 1.42. The highest BCUT2D eigenvalue weighted by atomic mass is 127. The zero-order valence-corrected chi connectivity index (χ0v) is 39.5. The number of nitrogens with zero attached hydrogens (tertiary/aromatic N) is 3. The summed E-state index contributed by atoms with van der Waals surface area (Å²) in [6.45, 7) is -1.89. The first kappa shape index (κ1) is 53.4. The molecule has 15 unspecified atom stereocenters. The lowest BCUT2D eigenvalue weighted by Gasteiger charge is -2.46. The molecule has 27 nitrogen and oxygen atoms in total. The fourth-order valence-electron chi connectivity index (χ4n) is 8.39. The van der Waals surface area contributed by atoms with Gasteiger partial charge in [-0.3, -0.25) is 38.8 Å². The van der Waals surface area contributed by atoms with Crippen molar-refractivity contribution < 1.29 is 74.4 Å². The van der Waals surface area contributed by atoms with Gasteiger partial charge in [0.1, 0.15) is 72.6 Å². The van der Waals surface area contributed by atoms with Gasteiger partial charge in [-0.2, -0.15) is 0 Å². The van der Waals surface area contributed by atoms with Gasteiger partial charge < -0.3 is 99.2 Å². The van der Waals surface area contributed by atoms with Gasteiger partial charge in [0.05, 0.1) is 48.5 Å². The van der Waals surface area contributed by atoms with Crippen molar-refractivity contribution in [1.29, 1.82) is 0 Å². The average Bonchev–Trinajstić information content (AvgIpc) is 3.96. The molecular weight excluding hydrogens is 1040 g/mol. The van der Waals surface area contributed by atoms with E-state index in [9.17, 15) is 69.6 Å². The maximum absolute atomic E-state index is 14.7. The Morgan fingerprint density at radius 3 is 2.03 bits per heavy atom. The molecule has 28 heteroatoms. The Labute approximate surface area is 412 Å². The SMILES string of the molecule is CC(c1ccccc1)C1NC(=O)CNC(=O)C(CO)NC(=O)C(C(O)C2CN=C(N)N2C2OC(CO)C(O)C(O)C2O)NC(=O)C(C(O)C2CN=C(N)N2)NC(=O)C(Cc2ccc(O)c(I)c2)NC1=O. The van der Waals surface area contributed by atoms with Crippen molar-refractivity contribution in [3.63, 3.8) is 0 Å². The molecule has 2 aromatic carbocycles. The Kier molecular flexibility index (Phi) is 17.7. The third kappa shape index (κ3) is 12.1. The molecular formula is C42H57IN12O15. The number of nitrogens with two attached hydrogens (primary N) is 2. The van der Waals surface area contributed by atoms with Crippen molar-refractivity contribution in [3.8, 4) is 5.75 Å². The largest absolute Gasteiger partial charge is 0.507 e. The Morgan fingerprint density at radius 2 is 1.39 bits per heavy atom. The number of aliphatic hydroxyl groups is 7. The zero-order valence-electron chi connectivity index (χ0n) is 37.3. The maximum atomic E-state index is 14.7. The van der Waals surface area contributed by atoms with Gasteiger partial charge in [0.15, 0.2) is 18.1 Å². The van der Waals surface area contributed by atoms with Crippen molar-refractivity contribution >= 4 is 70.0 Å². The summed E-state index contributed by atoms with van der Waals surface area (Å²) in [7, 11) is 0. The van der Waals surface area contributed by atoms with E-state index in [4.69, 9.17) is 16.2 Å². The maximum Gasteiger partial charge on any atom is 0.246 e. The summed E-state index contributed by atoms with van der Waals surface area (Å²) in [6, 6.07) is 0.827. The number of hydrogen-bond donors (Lipinski definition) is 17. The molecule has 0 bridgehead atoms. The molecule has 0 aromatic heterocycles. The van der Waals surface area contributed by atoms with E-state index >= 15 is 0 Å². The number of aliphatic imine (C=N–C) groups is 2. The zero-order chi connectivity index (χ0) is 51.1. The third-order valence-corrected chi connectivity index (χ3v) is 13.3. The summed E-state index contributed by atoms with van der Waals surface area (Å²) >= 11 is 1.85. The molecule has 2 saturated heterocycles. The van der Waals surface area contributed by atoms with Crippen LogP contribution in [0.2, 0.25) is 0 Å². The summed E-state index contributed by atoms with van der Waals surface area (Å²) in [5, 5.41) is 104. The Bertz CT molecular complexity index is 2320. The number of amides is 6. The molecule has 382 valence electrons. The molecule has 0 spiro atoms. The molecule has 4 heterocycles. The monoisotopic (exact) mass is 1100 g/mol. The van der Waals surface area contributed by atoms with Crippen LogP contribution in [0.5, 0.6) is 5.75 Å². The second kappa shape index (κ2) is 23.3. The van der Waals surface area contributed by atoms with Crippen LogP contribution in [0.1, 0.15) is 24.0 Å². The fourth-order valence-corrected chi connectivity index (χ4v) is 8.97. The molecule has 4 aliphatic rings. The number of phenolic OH excluding ortho intramolecular Hbond substituents is 1. The predicted octanol–water partition coefficient (Wildman–Crippen LogP) is -8.30. The highest BCUT2D eigenvalue weighted by Crippen LogP contribution is 2.29. The Hall–Kier alpha value is -5.99. The van der Waals surface area contributed by atoms with Crippen molar-refractivity contribution in [1.82, 2.24) is 42.1 Å². The number of benzene rings is 2. The second-order valence-corrected chi connectivity index (χ2v) is 18.2. The number of carbonyl (C=O) groups is 6. The van der Waals surface area contributed by atoms with Crippen LogP contribution in [0.25, 0.3) is 0 Å². The summed E-state index contributed by atoms with van der Waals surface area (Å²) in [5.41, 5.74) is 13.0. The highest BCUT2D eigenvalue weighted by molar-refractivity contribution is 14.1. The molecule has 15 atom stereocenters. The number of aliphatic hydroxyl groups excluding tert-OH is 7. The van der Waals surface area contributed by atoms with Gasteiger partial charge in [-0.05, 0) is 45.9 Å². The van der Waals surface area contributed by atoms with Crippen LogP contribution in [0, 0.1) is 3.57 Å². The van der Waals surface area contributed by atoms with E-state index in [0.717, 1.165) is 4.90 Å². The number of halogens is 1. The van der Waals surface area contributed by atoms with Gasteiger partial charge in [0, 0.05) is 12.3 Å². The molecule has 0 saturated carbocycles. The second-order valence-electron chi connectivity index (χ2n) is 17.1. The highest BCUT2D eigenvalue weighted by Gasteiger charge is 2.52. The van der Waals surface area contributed by atoms with Crippen LogP contribution in [-0.2, 0) is 39.9 Å². The average molecular weight is 1100 g/mol. The van der Waals surface area contributed by atoms with Crippen LogP contribution in [0.3, 0.4) is 0 Å². The number of carbonyl (C=O) groups excluding carboxylic acids is 6. The van der Waals surface area contributed by atoms with Gasteiger partial charge in [-0.25, -0.2) is 0 Å². The van der Waals surface area contributed by atoms with Gasteiger partial charge in [-0.1, -0.05) is 43.3 Å². The van der Waals surface area contributed by atoms with Crippen LogP contribution >= 0.6 is 22.6 Å². The quantitative estimate of drug-likeness (QED) is 0.0929. The summed E-state index contributed by atoms with van der Waals surface area (Å²) in [5.74, 6) is -8.26. The van der Waals surface area contributed by atoms with Crippen LogP contribution < -0.4 is 48.7 Å². The van der Waals surface area contributed by atoms with Gasteiger partial charge >= 0.3 is 0 Å². The minimum atomic E-state index is -2.26. The third-order valence-electron chi connectivity index (χ3n) is 12.4. The predicted molar refractivity (Wildman–Crippen MR) is 250 cm³/mol. The van der Waals surface area contributed by atoms with E-state index < -0.39 is 159 Å². The van der Waals surface area contributed by atoms with E-state index in [1.54, 1.807) is 37.3 Å². The molecule has 2 aromatic rings. The van der Waals surface area contributed by atoms with Crippen molar-refractivity contribution in [2.45, 2.75) is 104 Å². The fraction of sp³-hybridized carbons (Fsp3) is 0.524. The van der Waals surface area contributed by atoms with Gasteiger partial charge in [-0.15, -0.1) is 0 Å². The van der Waals surface area contributed by atoms with Crippen molar-refractivity contribution in [3.05, 3.63) is 63.2 Å². The van der Waals surface area contributed by atoms with Gasteiger partial charge in [0.2, 0.25) is 35.4 Å². The standard InChI is InChI=1S/C42H57IN12O15/c1-16(18-5-3-2-4-6-18)27-37(67)49-20(10-17-7-8-24(58)19(43)9-17)36(66)53-28(30(60)21-11-47-41(44)51-21)39(69)54-29(38(68)50-22(14-56)35(65)46-13-26(59)52-27)31(61)23-12-48-42(45)55(23)40-34(64)33(63)32(62)25(15-57)70-40/h2-9,16,20-23,25,27-34,40,56-58,60-64H,10-15H2,1H3,(H2,45,48)(H,46,65)(H,49,67)(H,50,68)(H,52,59)(H,53,66)(H,54,69)(H3,44,47,51). The van der Waals surface area contributed by atoms with E-state index in [1.165, 1.54) is 18.2 Å². The van der Waals surface area contributed by atoms with Crippen LogP contribution in [0.15, 0.2) is 58.5 Å². The summed E-state index contributed by atoms with van der Waals surface area (Å²) < 4.78 is 6.03. The minimum absolute atomic E-state index is 0.0891. The van der Waals surface area contributed by atoms with Gasteiger partial charge in [0.25, 0.3) is 0 Å². The number of phenols is 1. The number of guanidine groups is 2. The smallest absolute Gasteiger partial charge is 0.246 e. The minimum Gasteiger partial charge on any atom is -0.507 e. The van der Waals surface area contributed by atoms with Crippen LogP contribution in [0.4, 0.5) is 0 Å². The molecule has 6 rings (SSSR count). The molecule has 0 aliphatic carbocycles. The van der Waals surface area contributed by atoms with E-state index in [-0.39, 0.29) is 24.7 Å². The van der Waals surface area contributed by atoms with Crippen molar-refractivity contribution in [2.24, 2.45) is 21.5 Å². The van der Waals surface area contributed by atoms with E-state index in [0.29, 0.717) is 14.7 Å². The van der Waals surface area contributed by atoms with Crippen LogP contribution in [-0.4, -0.2) is 211 Å². The first-order chi connectivity index (χ1) is 33.2. The number of nitrogens with one attached hydrogen (secondary N) is 7. The number of hydrogen-bond acceptors (Lipinski definition) is 21. The molecule has 0 radical (unpaired) electrons. The number of aromatic hydroxyl groups is 1. The summed E-state index contributed by atoms with van der Waals surface area (Å²) in [4.78, 5) is 94.4.